The Labute approximate surface area is 172 Å². The zero-order valence-electron chi connectivity index (χ0n) is 12.2. The molecule has 24 heteroatoms. The average Bonchev–Trinajstić information content (AvgIpc) is 2.51. The summed E-state index contributed by atoms with van der Waals surface area (Å²) in [5.74, 6) is 0. The van der Waals surface area contributed by atoms with Gasteiger partial charge >= 0.3 is 54.1 Å². The number of hydrogen-bond donors (Lipinski definition) is 7. The molecule has 0 saturated heterocycles. The van der Waals surface area contributed by atoms with E-state index >= 15 is 0 Å². The van der Waals surface area contributed by atoms with E-state index in [4.69, 9.17) is 41.1 Å². The van der Waals surface area contributed by atoms with Crippen molar-refractivity contribution < 1.29 is 83.7 Å². The summed E-state index contributed by atoms with van der Waals surface area (Å²) < 4.78 is 17.9. The van der Waals surface area contributed by atoms with Gasteiger partial charge in [0.25, 0.3) is 0 Å². The molecule has 0 heterocycles. The van der Waals surface area contributed by atoms with E-state index < -0.39 is 23.5 Å². The molecule has 0 aromatic carbocycles. The van der Waals surface area contributed by atoms with Crippen molar-refractivity contribution >= 4 is 82.1 Å². The monoisotopic (exact) mass is 464 g/mol. The van der Waals surface area contributed by atoms with Crippen LogP contribution in [0.25, 0.3) is 0 Å². The third-order valence-electron chi connectivity index (χ3n) is 0.406. The molecule has 0 aliphatic carbocycles. The summed E-state index contributed by atoms with van der Waals surface area (Å²) in [6, 6.07) is 0. The summed E-state index contributed by atoms with van der Waals surface area (Å²) in [7, 11) is 0.275. The minimum absolute atomic E-state index is 0. The van der Waals surface area contributed by atoms with E-state index in [0.717, 1.165) is 0 Å². The van der Waals surface area contributed by atoms with Crippen LogP contribution >= 0.6 is 28.0 Å². The maximum absolute atomic E-state index is 8.64. The normalized spacial score (nSPS) is 7.64. The van der Waals surface area contributed by atoms with Gasteiger partial charge in [-0.2, -0.15) is 14.0 Å². The van der Waals surface area contributed by atoms with Crippen molar-refractivity contribution in [1.29, 1.82) is 0 Å². The molecule has 0 saturated carbocycles. The molecule has 0 aliphatic heterocycles. The first-order valence-electron chi connectivity index (χ1n) is 4.30. The molecular formula is CH14AlB2MgO17P3. The molecule has 146 valence electrons. The fourth-order valence-corrected chi connectivity index (χ4v) is 0.148. The summed E-state index contributed by atoms with van der Waals surface area (Å²) in [6.45, 7) is 1.53. The third kappa shape index (κ3) is 149. The van der Waals surface area contributed by atoms with Gasteiger partial charge in [0.2, 0.25) is 9.03 Å². The van der Waals surface area contributed by atoms with Gasteiger partial charge in [-0.05, 0) is 21.9 Å². The van der Waals surface area contributed by atoms with Gasteiger partial charge in [-0.25, -0.2) is 21.0 Å². The quantitative estimate of drug-likeness (QED) is 0.0866. The van der Waals surface area contributed by atoms with E-state index in [1.165, 1.54) is 6.82 Å². The van der Waals surface area contributed by atoms with E-state index in [1.807, 2.05) is 16.6 Å². The van der Waals surface area contributed by atoms with E-state index in [-0.39, 0.29) is 23.1 Å². The molecule has 0 fully saturated rings. The molecule has 0 aromatic rings. The van der Waals surface area contributed by atoms with Crippen LogP contribution in [0.2, 0.25) is 6.82 Å². The molecular weight excluding hydrogens is 450 g/mol. The largest absolute Gasteiger partial charge is 2.00 e. The number of rotatable bonds is 7. The molecule has 0 aromatic heterocycles. The molecule has 1 unspecified atom stereocenters. The second kappa shape index (κ2) is 50.2. The zero-order chi connectivity index (χ0) is 20.2. The van der Waals surface area contributed by atoms with Crippen LogP contribution in [0.3, 0.4) is 0 Å². The summed E-state index contributed by atoms with van der Waals surface area (Å²) in [4.78, 5) is 0. The molecule has 0 rings (SSSR count). The van der Waals surface area contributed by atoms with Crippen LogP contribution in [0.1, 0.15) is 0 Å². The molecule has 2 radical (unpaired) electrons. The Morgan fingerprint density at radius 1 is 1.04 bits per heavy atom. The first-order chi connectivity index (χ1) is 11.2. The topological polar surface area (TPSA) is 248 Å². The van der Waals surface area contributed by atoms with Crippen LogP contribution in [0.15, 0.2) is 0 Å². The zero-order valence-corrected chi connectivity index (χ0v) is 18.0. The maximum Gasteiger partial charge on any atom is 2.00 e. The van der Waals surface area contributed by atoms with E-state index in [2.05, 4.69) is 52.0 Å². The van der Waals surface area contributed by atoms with Crippen molar-refractivity contribution in [2.24, 2.45) is 0 Å². The predicted octanol–water partition coefficient (Wildman–Crippen LogP) is -2.87. The Morgan fingerprint density at radius 2 is 1.36 bits per heavy atom. The summed E-state index contributed by atoms with van der Waals surface area (Å²) in [6.07, 6.45) is 0. The van der Waals surface area contributed by atoms with Gasteiger partial charge in [-0.1, -0.05) is 5.04 Å². The molecule has 17 nitrogen and oxygen atoms in total. The molecule has 0 bridgehead atoms. The molecule has 0 aliphatic rings. The Kier molecular flexibility index (Phi) is 83.1. The Bertz CT molecular complexity index is 141. The Morgan fingerprint density at radius 3 is 1.36 bits per heavy atom. The average molecular weight is 464 g/mol. The fraction of sp³-hybridized carbons (Fsp3) is 1.00. The summed E-state index contributed by atoms with van der Waals surface area (Å²) in [5, 5.41) is 72.4. The Hall–Kier alpha value is 2.04. The Balaban J connectivity index is -0.0000000448. The maximum atomic E-state index is 8.64. The van der Waals surface area contributed by atoms with Gasteiger partial charge in [0.05, 0.1) is 0 Å². The van der Waals surface area contributed by atoms with E-state index in [1.54, 1.807) is 9.47 Å². The minimum Gasteiger partial charge on any atom is -0.832 e. The van der Waals surface area contributed by atoms with Gasteiger partial charge in [-0.3, -0.25) is 0 Å². The van der Waals surface area contributed by atoms with Crippen molar-refractivity contribution in [1.82, 2.24) is 0 Å². The van der Waals surface area contributed by atoms with Crippen molar-refractivity contribution in [2.75, 3.05) is 0 Å². The summed E-state index contributed by atoms with van der Waals surface area (Å²) in [5.41, 5.74) is 0. The van der Waals surface area contributed by atoms with Crippen molar-refractivity contribution in [2.45, 2.75) is 6.82 Å². The summed E-state index contributed by atoms with van der Waals surface area (Å²) >= 11 is 1.94. The van der Waals surface area contributed by atoms with Crippen LogP contribution in [-0.4, -0.2) is 90.2 Å². The van der Waals surface area contributed by atoms with Crippen LogP contribution in [0.5, 0.6) is 0 Å². The van der Waals surface area contributed by atoms with E-state index in [9.17, 15) is 0 Å². The second-order valence-corrected chi connectivity index (χ2v) is 2.96. The molecule has 25 heavy (non-hydrogen) atoms. The van der Waals surface area contributed by atoms with Gasteiger partial charge in [0, 0.05) is 9.47 Å². The fourth-order valence-electron chi connectivity index (χ4n) is 0.0494. The first kappa shape index (κ1) is 41.4. The van der Waals surface area contributed by atoms with Crippen LogP contribution < -0.4 is 5.02 Å². The second-order valence-electron chi connectivity index (χ2n) is 1.79. The first-order valence-corrected chi connectivity index (χ1v) is 6.47. The van der Waals surface area contributed by atoms with Gasteiger partial charge in [0.1, 0.15) is 0 Å². The van der Waals surface area contributed by atoms with Crippen molar-refractivity contribution in [3.63, 3.8) is 0 Å². The molecule has 0 amide bonds. The van der Waals surface area contributed by atoms with Gasteiger partial charge in [-0.15, -0.1) is 0 Å². The molecule has 7 N–H and O–H groups in total. The third-order valence-corrected chi connectivity index (χ3v) is 1.10. The minimum atomic E-state index is -2.42. The van der Waals surface area contributed by atoms with Crippen molar-refractivity contribution in [3.8, 4) is 0 Å². The van der Waals surface area contributed by atoms with Crippen molar-refractivity contribution in [3.05, 3.63) is 0 Å². The smallest absolute Gasteiger partial charge is 0.832 e. The van der Waals surface area contributed by atoms with Gasteiger partial charge in [0.15, 0.2) is 0 Å². The van der Waals surface area contributed by atoms with Crippen LogP contribution in [0, 0.1) is 0 Å². The predicted molar refractivity (Wildman–Crippen MR) is 82.2 cm³/mol. The van der Waals surface area contributed by atoms with Crippen LogP contribution in [0.4, 0.5) is 0 Å². The van der Waals surface area contributed by atoms with E-state index in [0.29, 0.717) is 0 Å². The SMILES string of the molecule is CB(O)[O][Al].OOOOP.OOOO[PH-].OOPOO.[Mg+2].[O-]B(O)O. The molecule has 1 atom stereocenters. The van der Waals surface area contributed by atoms with Crippen LogP contribution in [-0.2, 0) is 42.6 Å². The molecule has 0 spiro atoms. The number of hydrogen-bond acceptors (Lipinski definition) is 17. The standard InChI is InChI=1S/CH4BO2.Al.BH2O3.Mg.2H3O4P.H2O4P/c1-2(3)4;;2-1(3)4;;1-3-5-4-2;2*1-2-3-4-5/h3H,1H3;;2-3H;;1-2,5H;1H,5H2;1,5H/q-1;+1;-1;+2;;;-1. The van der Waals surface area contributed by atoms with Gasteiger partial charge < -0.3 is 37.9 Å².